The Morgan fingerprint density at radius 3 is 2.77 bits per heavy atom. The number of aliphatic hydroxyl groups excluding tert-OH is 1. The number of nitrogens with zero attached hydrogens (tertiary/aromatic N) is 2. The largest absolute Gasteiger partial charge is 0.487 e. The number of likely N-dealkylation sites (tertiary alicyclic amines) is 1. The van der Waals surface area contributed by atoms with Crippen molar-refractivity contribution in [1.29, 1.82) is 0 Å². The van der Waals surface area contributed by atoms with Gasteiger partial charge in [-0.25, -0.2) is 4.98 Å². The normalized spacial score (nSPS) is 25.9. The summed E-state index contributed by atoms with van der Waals surface area (Å²) < 4.78 is 6.29. The number of aryl methyl sites for hydroxylation is 2. The molecule has 2 aliphatic rings. The minimum Gasteiger partial charge on any atom is -0.487 e. The molecular weight excluding hydrogens is 398 g/mol. The van der Waals surface area contributed by atoms with E-state index in [1.807, 2.05) is 28.5 Å². The van der Waals surface area contributed by atoms with Gasteiger partial charge in [0.25, 0.3) is 0 Å². The second kappa shape index (κ2) is 9.35. The van der Waals surface area contributed by atoms with Crippen molar-refractivity contribution >= 4 is 22.4 Å². The first-order chi connectivity index (χ1) is 14.5. The zero-order valence-electron chi connectivity index (χ0n) is 17.5. The molecule has 162 valence electrons. The molecule has 30 heavy (non-hydrogen) atoms. The standard InChI is InChI=1S/C23H31N3O3S/c1-2-5-15-6-3-4-7-20(15)29-21-11-17-13-26(12-16(17)10-19(21)27)22(28)9-8-18-14-30-23(24)25-18/h3-4,6-7,14,16-17,19,21,27H,2,5,8-13H2,1H3,(H2,24,25)/t16-,17+,19+,21+/m0/s1. The van der Waals surface area contributed by atoms with Crippen molar-refractivity contribution in [2.45, 2.75) is 57.7 Å². The molecule has 0 spiro atoms. The number of hydrogen-bond acceptors (Lipinski definition) is 6. The molecule has 4 rings (SSSR count). The lowest BCUT2D eigenvalue weighted by Crippen LogP contribution is -2.42. The first-order valence-corrected chi connectivity index (χ1v) is 11.8. The summed E-state index contributed by atoms with van der Waals surface area (Å²) in [7, 11) is 0. The highest BCUT2D eigenvalue weighted by atomic mass is 32.1. The van der Waals surface area contributed by atoms with Gasteiger partial charge in [0.1, 0.15) is 11.9 Å². The van der Waals surface area contributed by atoms with Gasteiger partial charge in [-0.15, -0.1) is 11.3 Å². The molecule has 1 aliphatic heterocycles. The Morgan fingerprint density at radius 2 is 2.03 bits per heavy atom. The van der Waals surface area contributed by atoms with Crippen molar-refractivity contribution in [1.82, 2.24) is 9.88 Å². The lowest BCUT2D eigenvalue weighted by Gasteiger charge is -2.35. The van der Waals surface area contributed by atoms with Crippen LogP contribution in [-0.2, 0) is 17.6 Å². The lowest BCUT2D eigenvalue weighted by molar-refractivity contribution is -0.130. The summed E-state index contributed by atoms with van der Waals surface area (Å²) in [5.74, 6) is 1.78. The molecule has 1 aromatic heterocycles. The fourth-order valence-electron chi connectivity index (χ4n) is 4.81. The van der Waals surface area contributed by atoms with Crippen LogP contribution in [0.25, 0.3) is 0 Å². The summed E-state index contributed by atoms with van der Waals surface area (Å²) in [5.41, 5.74) is 7.75. The smallest absolute Gasteiger partial charge is 0.222 e. The van der Waals surface area contributed by atoms with E-state index in [9.17, 15) is 9.90 Å². The monoisotopic (exact) mass is 429 g/mol. The van der Waals surface area contributed by atoms with E-state index >= 15 is 0 Å². The van der Waals surface area contributed by atoms with Crippen molar-refractivity contribution in [2.24, 2.45) is 11.8 Å². The van der Waals surface area contributed by atoms with E-state index in [1.54, 1.807) is 0 Å². The second-order valence-corrected chi connectivity index (χ2v) is 9.44. The van der Waals surface area contributed by atoms with E-state index in [0.29, 0.717) is 36.2 Å². The van der Waals surface area contributed by atoms with Crippen molar-refractivity contribution in [2.75, 3.05) is 18.8 Å². The van der Waals surface area contributed by atoms with Gasteiger partial charge in [-0.1, -0.05) is 31.5 Å². The number of aliphatic hydroxyl groups is 1. The third-order valence-corrected chi connectivity index (χ3v) is 7.10. The Morgan fingerprint density at radius 1 is 1.27 bits per heavy atom. The number of para-hydroxylation sites is 1. The van der Waals surface area contributed by atoms with E-state index in [4.69, 9.17) is 10.5 Å². The van der Waals surface area contributed by atoms with Gasteiger partial charge in [0, 0.05) is 24.9 Å². The summed E-state index contributed by atoms with van der Waals surface area (Å²) in [4.78, 5) is 18.9. The van der Waals surface area contributed by atoms with Crippen LogP contribution in [0.5, 0.6) is 5.75 Å². The van der Waals surface area contributed by atoms with E-state index in [0.717, 1.165) is 43.8 Å². The number of carbonyl (C=O) groups excluding carboxylic acids is 1. The van der Waals surface area contributed by atoms with Gasteiger partial charge in [0.2, 0.25) is 5.91 Å². The topological polar surface area (TPSA) is 88.7 Å². The molecule has 1 saturated heterocycles. The average molecular weight is 430 g/mol. The number of aromatic nitrogens is 1. The molecule has 1 aliphatic carbocycles. The van der Waals surface area contributed by atoms with Gasteiger partial charge < -0.3 is 20.5 Å². The number of anilines is 1. The third-order valence-electron chi connectivity index (χ3n) is 6.37. The number of thiazole rings is 1. The molecule has 1 aromatic carbocycles. The fourth-order valence-corrected chi connectivity index (χ4v) is 5.41. The maximum atomic E-state index is 12.7. The Bertz CT molecular complexity index is 871. The van der Waals surface area contributed by atoms with Crippen molar-refractivity contribution in [3.63, 3.8) is 0 Å². The first-order valence-electron chi connectivity index (χ1n) is 10.9. The first kappa shape index (κ1) is 21.1. The molecule has 3 N–H and O–H groups in total. The van der Waals surface area contributed by atoms with E-state index in [2.05, 4.69) is 18.0 Å². The van der Waals surface area contributed by atoms with Crippen LogP contribution < -0.4 is 10.5 Å². The molecule has 2 aromatic rings. The van der Waals surface area contributed by atoms with Crippen molar-refractivity contribution < 1.29 is 14.6 Å². The van der Waals surface area contributed by atoms with E-state index in [-0.39, 0.29) is 12.0 Å². The van der Waals surface area contributed by atoms with Gasteiger partial charge in [0.15, 0.2) is 5.13 Å². The van der Waals surface area contributed by atoms with Crippen LogP contribution >= 0.6 is 11.3 Å². The molecule has 0 unspecified atom stereocenters. The molecule has 4 atom stereocenters. The molecule has 0 bridgehead atoms. The summed E-state index contributed by atoms with van der Waals surface area (Å²) in [6, 6.07) is 8.12. The molecule has 0 radical (unpaired) electrons. The highest BCUT2D eigenvalue weighted by molar-refractivity contribution is 7.13. The molecule has 7 heteroatoms. The molecule has 1 saturated carbocycles. The molecule has 2 fully saturated rings. The predicted molar refractivity (Wildman–Crippen MR) is 119 cm³/mol. The Kier molecular flexibility index (Phi) is 6.58. The number of ether oxygens (including phenoxy) is 1. The average Bonchev–Trinajstić information content (AvgIpc) is 3.33. The number of nitrogens with two attached hydrogens (primary N) is 1. The van der Waals surface area contributed by atoms with Crippen LogP contribution in [-0.4, -0.2) is 46.2 Å². The number of rotatable bonds is 7. The summed E-state index contributed by atoms with van der Waals surface area (Å²) >= 11 is 1.41. The van der Waals surface area contributed by atoms with Gasteiger partial charge >= 0.3 is 0 Å². The number of nitrogen functional groups attached to an aromatic ring is 1. The van der Waals surface area contributed by atoms with Crippen LogP contribution in [0, 0.1) is 11.8 Å². The zero-order valence-corrected chi connectivity index (χ0v) is 18.3. The Balaban J connectivity index is 1.34. The van der Waals surface area contributed by atoms with Gasteiger partial charge in [-0.3, -0.25) is 4.79 Å². The van der Waals surface area contributed by atoms with Gasteiger partial charge in [0.05, 0.1) is 11.8 Å². The maximum Gasteiger partial charge on any atom is 0.222 e. The third kappa shape index (κ3) is 4.78. The second-order valence-electron chi connectivity index (χ2n) is 8.55. The summed E-state index contributed by atoms with van der Waals surface area (Å²) in [6.07, 6.45) is 3.89. The van der Waals surface area contributed by atoms with E-state index in [1.165, 1.54) is 16.9 Å². The Labute approximate surface area is 182 Å². The molecule has 1 amide bonds. The maximum absolute atomic E-state index is 12.7. The molecule has 2 heterocycles. The fraction of sp³-hybridized carbons (Fsp3) is 0.565. The van der Waals surface area contributed by atoms with Crippen LogP contribution in [0.15, 0.2) is 29.6 Å². The van der Waals surface area contributed by atoms with Crippen LogP contribution in [0.2, 0.25) is 0 Å². The van der Waals surface area contributed by atoms with Crippen LogP contribution in [0.4, 0.5) is 5.13 Å². The quantitative estimate of drug-likeness (QED) is 0.705. The highest BCUT2D eigenvalue weighted by Crippen LogP contribution is 2.38. The number of benzene rings is 1. The van der Waals surface area contributed by atoms with Gasteiger partial charge in [-0.2, -0.15) is 0 Å². The minimum atomic E-state index is -0.492. The number of fused-ring (bicyclic) bond motifs is 1. The number of carbonyl (C=O) groups is 1. The Hall–Kier alpha value is -2.12. The molecular formula is C23H31N3O3S. The lowest BCUT2D eigenvalue weighted by atomic mass is 9.78. The SMILES string of the molecule is CCCc1ccccc1O[C@@H]1C[C@@H]2CN(C(=O)CCc3csc(N)n3)C[C@@H]2C[C@H]1O. The highest BCUT2D eigenvalue weighted by Gasteiger charge is 2.43. The zero-order chi connectivity index (χ0) is 21.1. The minimum absolute atomic E-state index is 0.163. The summed E-state index contributed by atoms with van der Waals surface area (Å²) in [6.45, 7) is 3.65. The predicted octanol–water partition coefficient (Wildman–Crippen LogP) is 3.29. The summed E-state index contributed by atoms with van der Waals surface area (Å²) in [5, 5.41) is 13.2. The van der Waals surface area contributed by atoms with Crippen molar-refractivity contribution in [3.05, 3.63) is 40.9 Å². The molecule has 6 nitrogen and oxygen atoms in total. The van der Waals surface area contributed by atoms with Gasteiger partial charge in [-0.05, 0) is 49.1 Å². The number of hydrogen-bond donors (Lipinski definition) is 2. The van der Waals surface area contributed by atoms with E-state index < -0.39 is 6.10 Å². The van der Waals surface area contributed by atoms with Crippen molar-refractivity contribution in [3.8, 4) is 5.75 Å². The van der Waals surface area contributed by atoms with Crippen LogP contribution in [0.1, 0.15) is 43.9 Å². The van der Waals surface area contributed by atoms with Crippen LogP contribution in [0.3, 0.4) is 0 Å². The number of amides is 1.